The van der Waals surface area contributed by atoms with E-state index in [1.54, 1.807) is 30.2 Å². The third-order valence-electron chi connectivity index (χ3n) is 2.95. The van der Waals surface area contributed by atoms with E-state index in [0.29, 0.717) is 17.5 Å². The molecule has 0 unspecified atom stereocenters. The Bertz CT molecular complexity index is 845. The first-order chi connectivity index (χ1) is 12.1. The van der Waals surface area contributed by atoms with E-state index >= 15 is 0 Å². The van der Waals surface area contributed by atoms with Gasteiger partial charge in [0.05, 0.1) is 12.9 Å². The Hall–Kier alpha value is -1.84. The molecule has 2 aromatic heterocycles. The van der Waals surface area contributed by atoms with E-state index in [9.17, 15) is 0 Å². The highest BCUT2D eigenvalue weighted by molar-refractivity contribution is 8.03. The predicted octanol–water partition coefficient (Wildman–Crippen LogP) is 4.56. The van der Waals surface area contributed by atoms with Crippen LogP contribution < -0.4 is 4.74 Å². The maximum atomic E-state index is 5.71. The molecule has 0 atom stereocenters. The summed E-state index contributed by atoms with van der Waals surface area (Å²) in [6.45, 7) is 5.89. The van der Waals surface area contributed by atoms with Gasteiger partial charge < -0.3 is 9.15 Å². The zero-order valence-corrected chi connectivity index (χ0v) is 16.2. The molecule has 25 heavy (non-hydrogen) atoms. The van der Waals surface area contributed by atoms with Gasteiger partial charge in [-0.05, 0) is 31.2 Å². The van der Waals surface area contributed by atoms with Crippen LogP contribution in [0.1, 0.15) is 12.8 Å². The third kappa shape index (κ3) is 5.07. The Balaban J connectivity index is 1.57. The van der Waals surface area contributed by atoms with E-state index in [1.807, 2.05) is 31.2 Å². The molecule has 0 N–H and O–H groups in total. The van der Waals surface area contributed by atoms with Crippen LogP contribution in [0, 0.1) is 0 Å². The number of rotatable bonds is 8. The van der Waals surface area contributed by atoms with Crippen LogP contribution in [-0.4, -0.2) is 33.3 Å². The molecule has 0 saturated heterocycles. The first-order valence-corrected chi connectivity index (χ1v) is 10.1. The average molecular weight is 393 g/mol. The Morgan fingerprint density at radius 1 is 1.12 bits per heavy atom. The van der Waals surface area contributed by atoms with Crippen LogP contribution in [0.25, 0.3) is 11.5 Å². The lowest BCUT2D eigenvalue weighted by Crippen LogP contribution is -1.82. The van der Waals surface area contributed by atoms with Crippen molar-refractivity contribution >= 4 is 34.9 Å². The smallest absolute Gasteiger partial charge is 0.247 e. The molecular weight excluding hydrogens is 376 g/mol. The quantitative estimate of drug-likeness (QED) is 0.408. The molecule has 0 fully saturated rings. The van der Waals surface area contributed by atoms with Gasteiger partial charge in [0.25, 0.3) is 0 Å². The van der Waals surface area contributed by atoms with Crippen LogP contribution in [0.2, 0.25) is 0 Å². The van der Waals surface area contributed by atoms with Crippen molar-refractivity contribution < 1.29 is 9.15 Å². The van der Waals surface area contributed by atoms with Gasteiger partial charge >= 0.3 is 0 Å². The maximum Gasteiger partial charge on any atom is 0.247 e. The second-order valence-electron chi connectivity index (χ2n) is 5.10. The van der Waals surface area contributed by atoms with E-state index in [4.69, 9.17) is 9.15 Å². The van der Waals surface area contributed by atoms with Crippen LogP contribution >= 0.6 is 34.9 Å². The second kappa shape index (κ2) is 8.50. The topological polar surface area (TPSA) is 73.9 Å². The van der Waals surface area contributed by atoms with Gasteiger partial charge in [0, 0.05) is 11.3 Å². The van der Waals surface area contributed by atoms with Gasteiger partial charge in [0.1, 0.15) is 5.75 Å². The first kappa shape index (κ1) is 18.0. The lowest BCUT2D eigenvalue weighted by Gasteiger charge is -1.99. The Morgan fingerprint density at radius 2 is 1.84 bits per heavy atom. The highest BCUT2D eigenvalue weighted by Crippen LogP contribution is 2.31. The molecule has 0 radical (unpaired) electrons. The lowest BCUT2D eigenvalue weighted by molar-refractivity contribution is 0.415. The van der Waals surface area contributed by atoms with Crippen molar-refractivity contribution in [1.29, 1.82) is 0 Å². The Morgan fingerprint density at radius 3 is 2.52 bits per heavy atom. The summed E-state index contributed by atoms with van der Waals surface area (Å²) < 4.78 is 12.7. The minimum atomic E-state index is 0.494. The van der Waals surface area contributed by atoms with Gasteiger partial charge in [-0.15, -0.1) is 20.4 Å². The summed E-state index contributed by atoms with van der Waals surface area (Å²) in [5.41, 5.74) is 1.98. The normalized spacial score (nSPS) is 10.8. The average Bonchev–Trinajstić information content (AvgIpc) is 3.27. The van der Waals surface area contributed by atoms with Crippen LogP contribution in [0.4, 0.5) is 0 Å². The SMILES string of the molecule is C=C(C)CSc1nnc(SCc2nnc(-c3ccc(OC)cc3)o2)s1. The molecule has 0 aliphatic heterocycles. The summed E-state index contributed by atoms with van der Waals surface area (Å²) in [5.74, 6) is 3.25. The summed E-state index contributed by atoms with van der Waals surface area (Å²) in [6, 6.07) is 7.50. The maximum absolute atomic E-state index is 5.71. The summed E-state index contributed by atoms with van der Waals surface area (Å²) in [6.07, 6.45) is 0. The molecule has 2 heterocycles. The molecule has 0 bridgehead atoms. The summed E-state index contributed by atoms with van der Waals surface area (Å²) in [5, 5.41) is 16.5. The molecule has 3 rings (SSSR count). The monoisotopic (exact) mass is 392 g/mol. The number of hydrogen-bond acceptors (Lipinski definition) is 9. The highest BCUT2D eigenvalue weighted by Gasteiger charge is 2.11. The van der Waals surface area contributed by atoms with Gasteiger partial charge in [-0.1, -0.05) is 47.0 Å². The number of ether oxygens (including phenoxy) is 1. The molecule has 0 spiro atoms. The number of methoxy groups -OCH3 is 1. The zero-order chi connectivity index (χ0) is 17.6. The van der Waals surface area contributed by atoms with E-state index < -0.39 is 0 Å². The molecule has 1 aromatic carbocycles. The van der Waals surface area contributed by atoms with Gasteiger partial charge in [0.2, 0.25) is 11.8 Å². The predicted molar refractivity (Wildman–Crippen MR) is 101 cm³/mol. The molecule has 9 heteroatoms. The molecule has 0 aliphatic carbocycles. The molecule has 6 nitrogen and oxygen atoms in total. The standard InChI is InChI=1S/C16H16N4O2S3/c1-10(2)8-23-15-19-20-16(25-15)24-9-13-17-18-14(22-13)11-4-6-12(21-3)7-5-11/h4-7H,1,8-9H2,2-3H3. The van der Waals surface area contributed by atoms with Crippen molar-refractivity contribution in [3.05, 3.63) is 42.3 Å². The van der Waals surface area contributed by atoms with Crippen molar-refractivity contribution in [2.24, 2.45) is 0 Å². The van der Waals surface area contributed by atoms with Crippen molar-refractivity contribution in [1.82, 2.24) is 20.4 Å². The van der Waals surface area contributed by atoms with Crippen molar-refractivity contribution in [2.75, 3.05) is 12.9 Å². The molecular formula is C16H16N4O2S3. The largest absolute Gasteiger partial charge is 0.497 e. The fraction of sp³-hybridized carbons (Fsp3) is 0.250. The van der Waals surface area contributed by atoms with Crippen molar-refractivity contribution in [2.45, 2.75) is 21.4 Å². The number of hydrogen-bond donors (Lipinski definition) is 0. The Labute approximate surface area is 158 Å². The van der Waals surface area contributed by atoms with Crippen molar-refractivity contribution in [3.63, 3.8) is 0 Å². The first-order valence-electron chi connectivity index (χ1n) is 7.34. The summed E-state index contributed by atoms with van der Waals surface area (Å²) in [7, 11) is 1.63. The zero-order valence-electron chi connectivity index (χ0n) is 13.8. The summed E-state index contributed by atoms with van der Waals surface area (Å²) in [4.78, 5) is 0. The molecule has 0 aliphatic rings. The van der Waals surface area contributed by atoms with Crippen LogP contribution in [0.5, 0.6) is 5.75 Å². The number of nitrogens with zero attached hydrogens (tertiary/aromatic N) is 4. The molecule has 0 amide bonds. The van der Waals surface area contributed by atoms with Crippen LogP contribution in [0.3, 0.4) is 0 Å². The fourth-order valence-corrected chi connectivity index (χ4v) is 4.48. The van der Waals surface area contributed by atoms with Gasteiger partial charge in [-0.2, -0.15) is 0 Å². The fourth-order valence-electron chi connectivity index (χ4n) is 1.78. The second-order valence-corrected chi connectivity index (χ2v) is 8.52. The van der Waals surface area contributed by atoms with E-state index in [2.05, 4.69) is 27.0 Å². The van der Waals surface area contributed by atoms with Gasteiger partial charge in [-0.25, -0.2) is 0 Å². The molecule has 0 saturated carbocycles. The Kier molecular flexibility index (Phi) is 6.11. The number of aromatic nitrogens is 4. The third-order valence-corrected chi connectivity index (χ3v) is 6.36. The lowest BCUT2D eigenvalue weighted by atomic mass is 10.2. The van der Waals surface area contributed by atoms with Crippen LogP contribution in [-0.2, 0) is 5.75 Å². The number of thioether (sulfide) groups is 2. The minimum absolute atomic E-state index is 0.494. The minimum Gasteiger partial charge on any atom is -0.497 e. The molecule has 3 aromatic rings. The van der Waals surface area contributed by atoms with Gasteiger partial charge in [0.15, 0.2) is 8.68 Å². The van der Waals surface area contributed by atoms with Crippen LogP contribution in [0.15, 0.2) is 49.5 Å². The van der Waals surface area contributed by atoms with E-state index in [-0.39, 0.29) is 0 Å². The van der Waals surface area contributed by atoms with E-state index in [1.165, 1.54) is 11.8 Å². The van der Waals surface area contributed by atoms with Gasteiger partial charge in [-0.3, -0.25) is 0 Å². The number of benzene rings is 1. The summed E-state index contributed by atoms with van der Waals surface area (Å²) >= 11 is 4.74. The molecule has 130 valence electrons. The van der Waals surface area contributed by atoms with E-state index in [0.717, 1.165) is 31.3 Å². The highest BCUT2D eigenvalue weighted by atomic mass is 32.2. The van der Waals surface area contributed by atoms with Crippen molar-refractivity contribution in [3.8, 4) is 17.2 Å².